The fourth-order valence-corrected chi connectivity index (χ4v) is 5.49. The highest BCUT2D eigenvalue weighted by molar-refractivity contribution is 5.86. The number of carbonyl (C=O) groups excluding carboxylic acids is 3. The second-order valence-corrected chi connectivity index (χ2v) is 11.7. The lowest BCUT2D eigenvalue weighted by Crippen LogP contribution is -2.54. The van der Waals surface area contributed by atoms with Crippen LogP contribution in [0.3, 0.4) is 0 Å². The number of nitrogens with one attached hydrogen (secondary N) is 1. The molecule has 7 heteroatoms. The number of fused-ring (bicyclic) bond motifs is 3. The zero-order valence-corrected chi connectivity index (χ0v) is 25.1. The van der Waals surface area contributed by atoms with Crippen molar-refractivity contribution in [1.29, 1.82) is 0 Å². The van der Waals surface area contributed by atoms with Gasteiger partial charge in [-0.15, -0.1) is 0 Å². The molecule has 3 rings (SSSR count). The molecule has 1 N–H and O–H groups in total. The van der Waals surface area contributed by atoms with Gasteiger partial charge in [-0.3, -0.25) is 9.59 Å². The maximum atomic E-state index is 13.7. The lowest BCUT2D eigenvalue weighted by atomic mass is 9.94. The van der Waals surface area contributed by atoms with Crippen LogP contribution in [-0.2, 0) is 19.1 Å². The molecule has 2 unspecified atom stereocenters. The summed E-state index contributed by atoms with van der Waals surface area (Å²) >= 11 is 0. The molecular weight excluding hydrogens is 504 g/mol. The highest BCUT2D eigenvalue weighted by Gasteiger charge is 2.34. The van der Waals surface area contributed by atoms with E-state index in [0.717, 1.165) is 22.3 Å². The number of ether oxygens (including phenoxy) is 2. The molecule has 0 saturated carbocycles. The van der Waals surface area contributed by atoms with Crippen molar-refractivity contribution in [3.8, 4) is 11.1 Å². The SMILES string of the molecule is CC[C@H](C)C(NC(=O)OCC1c2ccccc2-c2ccccc21)C(=O)N(C)C(CCOC(=O)CC(C)C)C(C)C. The minimum absolute atomic E-state index is 0.0534. The molecule has 218 valence electrons. The Morgan fingerprint density at radius 3 is 2.00 bits per heavy atom. The number of benzene rings is 2. The maximum absolute atomic E-state index is 13.7. The Kier molecular flexibility index (Phi) is 11.2. The third kappa shape index (κ3) is 7.64. The summed E-state index contributed by atoms with van der Waals surface area (Å²) in [6, 6.07) is 15.5. The van der Waals surface area contributed by atoms with Crippen molar-refractivity contribution in [1.82, 2.24) is 10.2 Å². The lowest BCUT2D eigenvalue weighted by molar-refractivity contribution is -0.145. The molecule has 0 aromatic heterocycles. The summed E-state index contributed by atoms with van der Waals surface area (Å²) in [6.07, 6.45) is 1.02. The van der Waals surface area contributed by atoms with E-state index in [1.165, 1.54) is 0 Å². The highest BCUT2D eigenvalue weighted by atomic mass is 16.5. The molecule has 7 nitrogen and oxygen atoms in total. The lowest BCUT2D eigenvalue weighted by Gasteiger charge is -2.35. The first-order valence-electron chi connectivity index (χ1n) is 14.6. The first-order valence-corrected chi connectivity index (χ1v) is 14.6. The van der Waals surface area contributed by atoms with E-state index in [1.54, 1.807) is 11.9 Å². The minimum Gasteiger partial charge on any atom is -0.466 e. The average Bonchev–Trinajstić information content (AvgIpc) is 3.24. The van der Waals surface area contributed by atoms with Crippen molar-refractivity contribution in [2.45, 2.75) is 78.8 Å². The summed E-state index contributed by atoms with van der Waals surface area (Å²) in [5, 5.41) is 2.87. The van der Waals surface area contributed by atoms with Crippen molar-refractivity contribution in [2.75, 3.05) is 20.3 Å². The fourth-order valence-electron chi connectivity index (χ4n) is 5.49. The van der Waals surface area contributed by atoms with E-state index in [-0.39, 0.29) is 54.8 Å². The number of rotatable bonds is 13. The van der Waals surface area contributed by atoms with Gasteiger partial charge in [0.25, 0.3) is 0 Å². The number of alkyl carbamates (subject to hydrolysis) is 1. The molecule has 2 aromatic rings. The first kappa shape index (κ1) is 31.2. The van der Waals surface area contributed by atoms with Gasteiger partial charge in [-0.1, -0.05) is 96.5 Å². The van der Waals surface area contributed by atoms with Crippen LogP contribution in [0.15, 0.2) is 48.5 Å². The van der Waals surface area contributed by atoms with Crippen LogP contribution in [0.4, 0.5) is 4.79 Å². The Morgan fingerprint density at radius 1 is 0.900 bits per heavy atom. The molecule has 2 amide bonds. The largest absolute Gasteiger partial charge is 0.466 e. The molecule has 0 spiro atoms. The number of likely N-dealkylation sites (N-methyl/N-ethyl adjacent to an activating group) is 1. The van der Waals surface area contributed by atoms with Gasteiger partial charge in [-0.2, -0.15) is 0 Å². The van der Waals surface area contributed by atoms with Crippen LogP contribution in [0.25, 0.3) is 11.1 Å². The van der Waals surface area contributed by atoms with Gasteiger partial charge >= 0.3 is 12.1 Å². The van der Waals surface area contributed by atoms with Crippen molar-refractivity contribution in [2.24, 2.45) is 17.8 Å². The molecule has 0 radical (unpaired) electrons. The van der Waals surface area contributed by atoms with Crippen molar-refractivity contribution in [3.63, 3.8) is 0 Å². The number of carbonyl (C=O) groups is 3. The topological polar surface area (TPSA) is 84.9 Å². The van der Waals surface area contributed by atoms with Gasteiger partial charge in [-0.05, 0) is 40.0 Å². The average molecular weight is 551 g/mol. The van der Waals surface area contributed by atoms with Gasteiger partial charge in [0.2, 0.25) is 5.91 Å². The van der Waals surface area contributed by atoms with E-state index >= 15 is 0 Å². The number of amides is 2. The van der Waals surface area contributed by atoms with Gasteiger partial charge in [-0.25, -0.2) is 4.79 Å². The van der Waals surface area contributed by atoms with Crippen LogP contribution in [-0.4, -0.2) is 55.2 Å². The van der Waals surface area contributed by atoms with Crippen molar-refractivity contribution >= 4 is 18.0 Å². The Balaban J connectivity index is 1.65. The molecule has 0 heterocycles. The summed E-state index contributed by atoms with van der Waals surface area (Å²) in [6.45, 7) is 12.4. The predicted octanol–water partition coefficient (Wildman–Crippen LogP) is 6.40. The minimum atomic E-state index is -0.726. The van der Waals surface area contributed by atoms with Gasteiger partial charge in [0.15, 0.2) is 0 Å². The molecule has 0 bridgehead atoms. The number of hydrogen-bond acceptors (Lipinski definition) is 5. The van der Waals surface area contributed by atoms with Gasteiger partial charge in [0, 0.05) is 31.8 Å². The van der Waals surface area contributed by atoms with E-state index in [0.29, 0.717) is 19.3 Å². The summed E-state index contributed by atoms with van der Waals surface area (Å²) in [5.74, 6) is -0.159. The van der Waals surface area contributed by atoms with Crippen molar-refractivity contribution < 1.29 is 23.9 Å². The third-order valence-corrected chi connectivity index (χ3v) is 7.96. The monoisotopic (exact) mass is 550 g/mol. The molecule has 1 aliphatic rings. The smallest absolute Gasteiger partial charge is 0.407 e. The Hall–Kier alpha value is -3.35. The molecule has 2 aromatic carbocycles. The molecule has 3 atom stereocenters. The summed E-state index contributed by atoms with van der Waals surface area (Å²) in [7, 11) is 1.76. The van der Waals surface area contributed by atoms with Crippen LogP contribution in [0.5, 0.6) is 0 Å². The Bertz CT molecular complexity index is 1120. The Morgan fingerprint density at radius 2 is 1.48 bits per heavy atom. The van der Waals surface area contributed by atoms with Crippen molar-refractivity contribution in [3.05, 3.63) is 59.7 Å². The van der Waals surface area contributed by atoms with E-state index in [2.05, 4.69) is 29.6 Å². The molecule has 40 heavy (non-hydrogen) atoms. The number of nitrogens with zero attached hydrogens (tertiary/aromatic N) is 1. The highest BCUT2D eigenvalue weighted by Crippen LogP contribution is 2.44. The van der Waals surface area contributed by atoms with E-state index in [1.807, 2.05) is 65.8 Å². The van der Waals surface area contributed by atoms with E-state index in [9.17, 15) is 14.4 Å². The van der Waals surface area contributed by atoms with Gasteiger partial charge < -0.3 is 19.7 Å². The normalized spacial score (nSPS) is 14.7. The first-order chi connectivity index (χ1) is 19.0. The van der Waals surface area contributed by atoms with E-state index < -0.39 is 12.1 Å². The molecule has 0 aliphatic heterocycles. The molecular formula is C33H46N2O5. The van der Waals surface area contributed by atoms with Crippen LogP contribution >= 0.6 is 0 Å². The van der Waals surface area contributed by atoms with Gasteiger partial charge in [0.1, 0.15) is 12.6 Å². The van der Waals surface area contributed by atoms with Crippen LogP contribution in [0.1, 0.15) is 77.8 Å². The van der Waals surface area contributed by atoms with Crippen LogP contribution in [0.2, 0.25) is 0 Å². The van der Waals surface area contributed by atoms with Gasteiger partial charge in [0.05, 0.1) is 6.61 Å². The summed E-state index contributed by atoms with van der Waals surface area (Å²) in [5.41, 5.74) is 4.60. The quantitative estimate of drug-likeness (QED) is 0.292. The zero-order valence-electron chi connectivity index (χ0n) is 25.1. The standard InChI is InChI=1S/C33H46N2O5/c1-8-23(6)31(32(37)35(7)29(22(4)5)17-18-39-30(36)19-21(2)3)34-33(38)40-20-28-26-15-11-9-13-24(26)25-14-10-12-16-27(25)28/h9-16,21-23,28-29,31H,8,17-20H2,1-7H3,(H,34,38)/t23-,29?,31?/m0/s1. The second-order valence-electron chi connectivity index (χ2n) is 11.7. The van der Waals surface area contributed by atoms with Crippen LogP contribution in [0, 0.1) is 17.8 Å². The summed E-state index contributed by atoms with van der Waals surface area (Å²) in [4.78, 5) is 40.5. The molecule has 0 fully saturated rings. The maximum Gasteiger partial charge on any atom is 0.407 e. The summed E-state index contributed by atoms with van der Waals surface area (Å²) < 4.78 is 11.2. The molecule has 0 saturated heterocycles. The number of esters is 1. The van der Waals surface area contributed by atoms with Crippen LogP contribution < -0.4 is 5.32 Å². The zero-order chi connectivity index (χ0) is 29.4. The number of hydrogen-bond donors (Lipinski definition) is 1. The third-order valence-electron chi connectivity index (χ3n) is 7.96. The molecule has 1 aliphatic carbocycles. The Labute approximate surface area is 239 Å². The second kappa shape index (κ2) is 14.3. The predicted molar refractivity (Wildman–Crippen MR) is 158 cm³/mol. The van der Waals surface area contributed by atoms with E-state index in [4.69, 9.17) is 9.47 Å². The fraction of sp³-hybridized carbons (Fsp3) is 0.545.